The SMILES string of the molecule is CCN1CCCC1CNC(=O)c1ccc(Nc2nc(N)c(C(=O)c3c(F)cccc3F)s2)nc1. The van der Waals surface area contributed by atoms with Gasteiger partial charge in [0.15, 0.2) is 5.13 Å². The summed E-state index contributed by atoms with van der Waals surface area (Å²) in [6.45, 7) is 4.72. The Labute approximate surface area is 199 Å². The molecule has 3 aromatic rings. The maximum atomic E-state index is 14.0. The molecule has 11 heteroatoms. The maximum Gasteiger partial charge on any atom is 0.252 e. The van der Waals surface area contributed by atoms with E-state index < -0.39 is 23.0 Å². The zero-order valence-electron chi connectivity index (χ0n) is 18.5. The van der Waals surface area contributed by atoms with Gasteiger partial charge in [-0.3, -0.25) is 14.5 Å². The average molecular weight is 487 g/mol. The molecule has 1 aliphatic rings. The molecule has 3 heterocycles. The van der Waals surface area contributed by atoms with Crippen LogP contribution in [0.1, 0.15) is 45.4 Å². The fourth-order valence-electron chi connectivity index (χ4n) is 3.94. The van der Waals surface area contributed by atoms with E-state index in [0.717, 1.165) is 49.4 Å². The number of nitrogens with one attached hydrogen (secondary N) is 2. The number of ketones is 1. The van der Waals surface area contributed by atoms with Crippen LogP contribution in [0.4, 0.5) is 25.5 Å². The third-order valence-corrected chi connectivity index (χ3v) is 6.70. The fourth-order valence-corrected chi connectivity index (χ4v) is 4.78. The summed E-state index contributed by atoms with van der Waals surface area (Å²) < 4.78 is 28.0. The Hall–Kier alpha value is -3.44. The first kappa shape index (κ1) is 23.7. The van der Waals surface area contributed by atoms with Crippen LogP contribution in [-0.4, -0.2) is 52.2 Å². The molecule has 0 aliphatic carbocycles. The van der Waals surface area contributed by atoms with E-state index in [-0.39, 0.29) is 21.7 Å². The molecule has 2 aromatic heterocycles. The Balaban J connectivity index is 1.40. The number of likely N-dealkylation sites (tertiary alicyclic amines) is 1. The van der Waals surface area contributed by atoms with Gasteiger partial charge >= 0.3 is 0 Å². The van der Waals surface area contributed by atoms with Crippen LogP contribution in [0.3, 0.4) is 0 Å². The third kappa shape index (κ3) is 5.05. The monoisotopic (exact) mass is 486 g/mol. The number of nitrogen functional groups attached to an aromatic ring is 1. The van der Waals surface area contributed by atoms with Gasteiger partial charge in [-0.05, 0) is 50.2 Å². The van der Waals surface area contributed by atoms with Gasteiger partial charge in [-0.1, -0.05) is 24.3 Å². The van der Waals surface area contributed by atoms with Crippen LogP contribution in [0, 0.1) is 11.6 Å². The number of aromatic nitrogens is 2. The highest BCUT2D eigenvalue weighted by Crippen LogP contribution is 2.30. The quantitative estimate of drug-likeness (QED) is 0.417. The summed E-state index contributed by atoms with van der Waals surface area (Å²) in [5.74, 6) is -2.82. The van der Waals surface area contributed by atoms with Crippen molar-refractivity contribution in [2.45, 2.75) is 25.8 Å². The first-order chi connectivity index (χ1) is 16.4. The summed E-state index contributed by atoms with van der Waals surface area (Å²) in [6.07, 6.45) is 3.64. The van der Waals surface area contributed by atoms with Gasteiger partial charge in [-0.25, -0.2) is 18.7 Å². The number of halogens is 2. The van der Waals surface area contributed by atoms with Crippen molar-refractivity contribution < 1.29 is 18.4 Å². The number of benzene rings is 1. The Morgan fingerprint density at radius 3 is 2.68 bits per heavy atom. The molecule has 34 heavy (non-hydrogen) atoms. The lowest BCUT2D eigenvalue weighted by atomic mass is 10.1. The molecule has 0 saturated carbocycles. The van der Waals surface area contributed by atoms with Crippen molar-refractivity contribution in [1.82, 2.24) is 20.2 Å². The largest absolute Gasteiger partial charge is 0.382 e. The van der Waals surface area contributed by atoms with Gasteiger partial charge in [0.1, 0.15) is 28.1 Å². The van der Waals surface area contributed by atoms with Gasteiger partial charge in [0.2, 0.25) is 5.78 Å². The van der Waals surface area contributed by atoms with E-state index in [4.69, 9.17) is 5.73 Å². The number of nitrogens with two attached hydrogens (primary N) is 1. The number of thiazole rings is 1. The highest BCUT2D eigenvalue weighted by molar-refractivity contribution is 7.18. The molecule has 1 saturated heterocycles. The highest BCUT2D eigenvalue weighted by atomic mass is 32.1. The van der Waals surface area contributed by atoms with Crippen LogP contribution in [0.5, 0.6) is 0 Å². The molecule has 178 valence electrons. The second-order valence-electron chi connectivity index (χ2n) is 7.85. The Morgan fingerprint density at radius 2 is 2.00 bits per heavy atom. The molecule has 1 fully saturated rings. The van der Waals surface area contributed by atoms with E-state index in [1.807, 2.05) is 0 Å². The van der Waals surface area contributed by atoms with E-state index >= 15 is 0 Å². The number of carbonyl (C=O) groups excluding carboxylic acids is 2. The molecule has 4 rings (SSSR count). The number of pyridine rings is 1. The average Bonchev–Trinajstić information content (AvgIpc) is 3.43. The summed E-state index contributed by atoms with van der Waals surface area (Å²) in [6, 6.07) is 6.75. The van der Waals surface area contributed by atoms with Crippen LogP contribution in [0.25, 0.3) is 0 Å². The number of hydrogen-bond acceptors (Lipinski definition) is 8. The van der Waals surface area contributed by atoms with Gasteiger partial charge in [0.25, 0.3) is 5.91 Å². The van der Waals surface area contributed by atoms with Gasteiger partial charge in [0.05, 0.1) is 11.1 Å². The lowest BCUT2D eigenvalue weighted by molar-refractivity contribution is 0.0940. The van der Waals surface area contributed by atoms with Crippen LogP contribution >= 0.6 is 11.3 Å². The Morgan fingerprint density at radius 1 is 1.24 bits per heavy atom. The molecule has 1 amide bonds. The summed E-state index contributed by atoms with van der Waals surface area (Å²) >= 11 is 0.856. The predicted octanol–water partition coefficient (Wildman–Crippen LogP) is 3.59. The number of amides is 1. The normalized spacial score (nSPS) is 15.9. The molecule has 0 spiro atoms. The zero-order chi connectivity index (χ0) is 24.2. The Kier molecular flexibility index (Phi) is 7.13. The Bertz CT molecular complexity index is 1180. The molecule has 1 aliphatic heterocycles. The molecule has 1 aromatic carbocycles. The van der Waals surface area contributed by atoms with E-state index in [1.54, 1.807) is 12.1 Å². The van der Waals surface area contributed by atoms with Gasteiger partial charge < -0.3 is 16.4 Å². The van der Waals surface area contributed by atoms with Crippen molar-refractivity contribution in [2.75, 3.05) is 30.7 Å². The first-order valence-electron chi connectivity index (χ1n) is 10.9. The van der Waals surface area contributed by atoms with Crippen molar-refractivity contribution in [3.63, 3.8) is 0 Å². The molecule has 0 bridgehead atoms. The number of likely N-dealkylation sites (N-methyl/N-ethyl adjacent to an activating group) is 1. The highest BCUT2D eigenvalue weighted by Gasteiger charge is 2.25. The minimum absolute atomic E-state index is 0.0875. The lowest BCUT2D eigenvalue weighted by Gasteiger charge is -2.22. The topological polar surface area (TPSA) is 113 Å². The maximum absolute atomic E-state index is 14.0. The number of anilines is 3. The van der Waals surface area contributed by atoms with Gasteiger partial charge in [-0.15, -0.1) is 0 Å². The minimum Gasteiger partial charge on any atom is -0.382 e. The zero-order valence-corrected chi connectivity index (χ0v) is 19.3. The van der Waals surface area contributed by atoms with E-state index in [2.05, 4.69) is 32.4 Å². The fraction of sp³-hybridized carbons (Fsp3) is 0.304. The molecule has 4 N–H and O–H groups in total. The summed E-state index contributed by atoms with van der Waals surface area (Å²) in [5.41, 5.74) is 5.55. The van der Waals surface area contributed by atoms with Crippen molar-refractivity contribution in [3.05, 3.63) is 64.2 Å². The summed E-state index contributed by atoms with van der Waals surface area (Å²) in [7, 11) is 0. The van der Waals surface area contributed by atoms with Gasteiger partial charge in [-0.2, -0.15) is 0 Å². The van der Waals surface area contributed by atoms with Crippen LogP contribution in [0.2, 0.25) is 0 Å². The second-order valence-corrected chi connectivity index (χ2v) is 8.85. The lowest BCUT2D eigenvalue weighted by Crippen LogP contribution is -2.40. The smallest absolute Gasteiger partial charge is 0.252 e. The molecule has 8 nitrogen and oxygen atoms in total. The number of hydrogen-bond donors (Lipinski definition) is 3. The van der Waals surface area contributed by atoms with E-state index in [1.165, 1.54) is 12.3 Å². The van der Waals surface area contributed by atoms with Crippen LogP contribution in [0.15, 0.2) is 36.5 Å². The van der Waals surface area contributed by atoms with Crippen LogP contribution < -0.4 is 16.4 Å². The summed E-state index contributed by atoms with van der Waals surface area (Å²) in [5, 5.41) is 6.08. The van der Waals surface area contributed by atoms with Gasteiger partial charge in [0, 0.05) is 18.8 Å². The minimum atomic E-state index is -0.974. The number of carbonyl (C=O) groups is 2. The van der Waals surface area contributed by atoms with E-state index in [9.17, 15) is 18.4 Å². The first-order valence-corrected chi connectivity index (χ1v) is 11.7. The number of nitrogens with zero attached hydrogens (tertiary/aromatic N) is 3. The molecular weight excluding hydrogens is 462 g/mol. The third-order valence-electron chi connectivity index (χ3n) is 5.71. The molecule has 1 atom stereocenters. The standard InChI is InChI=1S/C23H24F2N6O2S/c1-2-31-10-4-5-14(31)12-28-22(33)13-8-9-17(27-11-13)29-23-30-21(26)20(34-23)19(32)18-15(24)6-3-7-16(18)25/h3,6-9,11,14H,2,4-5,10,12,26H2,1H3,(H,28,33)(H,27,29,30). The second kappa shape index (κ2) is 10.2. The van der Waals surface area contributed by atoms with Crippen molar-refractivity contribution >= 4 is 39.8 Å². The van der Waals surface area contributed by atoms with Crippen molar-refractivity contribution in [2.24, 2.45) is 0 Å². The molecule has 1 unspecified atom stereocenters. The molecular formula is C23H24F2N6O2S. The predicted molar refractivity (Wildman–Crippen MR) is 126 cm³/mol. The molecule has 0 radical (unpaired) electrons. The van der Waals surface area contributed by atoms with E-state index in [0.29, 0.717) is 24.0 Å². The van der Waals surface area contributed by atoms with Crippen LogP contribution in [-0.2, 0) is 0 Å². The summed E-state index contributed by atoms with van der Waals surface area (Å²) in [4.78, 5) is 35.6. The number of rotatable bonds is 8. The van der Waals surface area contributed by atoms with Crippen molar-refractivity contribution in [1.29, 1.82) is 0 Å². The van der Waals surface area contributed by atoms with Crippen molar-refractivity contribution in [3.8, 4) is 0 Å².